The third kappa shape index (κ3) is 24.9. The molecule has 0 heterocycles. The van der Waals surface area contributed by atoms with Crippen molar-refractivity contribution in [3.8, 4) is 0 Å². The Morgan fingerprint density at radius 2 is 1.40 bits per heavy atom. The molecule has 0 aromatic carbocycles. The van der Waals surface area contributed by atoms with Crippen LogP contribution < -0.4 is 0 Å². The Morgan fingerprint density at radius 3 is 1.40 bits per heavy atom. The summed E-state index contributed by atoms with van der Waals surface area (Å²) < 4.78 is 0. The molecule has 0 aliphatic rings. The first-order valence-corrected chi connectivity index (χ1v) is 3.19. The molecule has 0 saturated carbocycles. The summed E-state index contributed by atoms with van der Waals surface area (Å²) >= 11 is 0. The van der Waals surface area contributed by atoms with Gasteiger partial charge in [0.2, 0.25) is 0 Å². The zero-order valence-electron chi connectivity index (χ0n) is 6.19. The van der Waals surface area contributed by atoms with Crippen LogP contribution >= 0.6 is 0 Å². The molecule has 1 atom stereocenters. The zero-order valence-corrected chi connectivity index (χ0v) is 6.19. The van der Waals surface area contributed by atoms with Gasteiger partial charge in [0.05, 0.1) is 12.7 Å². The Hall–Kier alpha value is -0.160. The molecule has 0 unspecified atom stereocenters. The lowest BCUT2D eigenvalue weighted by atomic mass is 10.5. The van der Waals surface area contributed by atoms with Gasteiger partial charge in [0.1, 0.15) is 0 Å². The summed E-state index contributed by atoms with van der Waals surface area (Å²) in [5.74, 6) is 0. The van der Waals surface area contributed by atoms with Crippen LogP contribution in [0.4, 0.5) is 0 Å². The average molecular weight is 152 g/mol. The van der Waals surface area contributed by atoms with E-state index in [2.05, 4.69) is 0 Å². The van der Waals surface area contributed by atoms with E-state index in [4.69, 9.17) is 20.4 Å². The van der Waals surface area contributed by atoms with Crippen molar-refractivity contribution in [3.05, 3.63) is 0 Å². The maximum atomic E-state index is 8.11. The van der Waals surface area contributed by atoms with E-state index in [1.54, 1.807) is 0 Å². The van der Waals surface area contributed by atoms with E-state index in [-0.39, 0.29) is 19.8 Å². The van der Waals surface area contributed by atoms with E-state index in [0.717, 1.165) is 0 Å². The molecule has 4 N–H and O–H groups in total. The second-order valence-corrected chi connectivity index (χ2v) is 1.83. The molecule has 0 aromatic heterocycles. The van der Waals surface area contributed by atoms with Crippen LogP contribution in [0.5, 0.6) is 0 Å². The molecule has 0 bridgehead atoms. The molecule has 0 saturated heterocycles. The van der Waals surface area contributed by atoms with Crippen molar-refractivity contribution in [2.75, 3.05) is 19.8 Å². The van der Waals surface area contributed by atoms with Gasteiger partial charge < -0.3 is 20.4 Å². The third-order valence-electron chi connectivity index (χ3n) is 0.580. The van der Waals surface area contributed by atoms with Gasteiger partial charge in [0, 0.05) is 13.2 Å². The standard InChI is InChI=1S/2C3H8O2/c1-3(5)2-4;4-2-1-3-5/h3-5H,2H2,1H3;4-5H,1-3H2/t3-;/m1./s1. The maximum Gasteiger partial charge on any atom is 0.0742 e. The minimum atomic E-state index is -0.560. The SMILES string of the molecule is C[C@@H](O)CO.OCCCO. The van der Waals surface area contributed by atoms with E-state index in [1.165, 1.54) is 6.92 Å². The summed E-state index contributed by atoms with van der Waals surface area (Å²) in [5, 5.41) is 31.8. The fraction of sp³-hybridized carbons (Fsp3) is 1.00. The number of aliphatic hydroxyl groups excluding tert-OH is 4. The Kier molecular flexibility index (Phi) is 14.5. The van der Waals surface area contributed by atoms with Gasteiger partial charge in [-0.1, -0.05) is 0 Å². The molecule has 0 spiro atoms. The number of hydrogen-bond acceptors (Lipinski definition) is 4. The average Bonchev–Trinajstić information content (AvgIpc) is 1.91. The summed E-state index contributed by atoms with van der Waals surface area (Å²) in [6.45, 7) is 1.58. The van der Waals surface area contributed by atoms with Crippen molar-refractivity contribution in [2.45, 2.75) is 19.4 Å². The molecule has 0 amide bonds. The van der Waals surface area contributed by atoms with Crippen LogP contribution in [0, 0.1) is 0 Å². The lowest BCUT2D eigenvalue weighted by Gasteiger charge is -1.90. The highest BCUT2D eigenvalue weighted by molar-refractivity contribution is 4.34. The molecule has 64 valence electrons. The van der Waals surface area contributed by atoms with Crippen LogP contribution in [0.15, 0.2) is 0 Å². The smallest absolute Gasteiger partial charge is 0.0742 e. The molecular weight excluding hydrogens is 136 g/mol. The lowest BCUT2D eigenvalue weighted by Crippen LogP contribution is -2.03. The highest BCUT2D eigenvalue weighted by Crippen LogP contribution is 1.68. The van der Waals surface area contributed by atoms with Gasteiger partial charge in [0.25, 0.3) is 0 Å². The predicted octanol–water partition coefficient (Wildman–Crippen LogP) is -1.28. The molecule has 4 nitrogen and oxygen atoms in total. The normalized spacial score (nSPS) is 11.7. The second kappa shape index (κ2) is 11.6. The summed E-state index contributed by atoms with van der Waals surface area (Å²) in [4.78, 5) is 0. The highest BCUT2D eigenvalue weighted by atomic mass is 16.3. The number of hydrogen-bond donors (Lipinski definition) is 4. The van der Waals surface area contributed by atoms with E-state index in [9.17, 15) is 0 Å². The number of aliphatic hydroxyl groups is 4. The second-order valence-electron chi connectivity index (χ2n) is 1.83. The fourth-order valence-corrected chi connectivity index (χ4v) is 0.0707. The first kappa shape index (κ1) is 12.5. The van der Waals surface area contributed by atoms with Crippen LogP contribution in [0.2, 0.25) is 0 Å². The van der Waals surface area contributed by atoms with Gasteiger partial charge in [0.15, 0.2) is 0 Å². The summed E-state index contributed by atoms with van der Waals surface area (Å²) in [6, 6.07) is 0. The van der Waals surface area contributed by atoms with E-state index < -0.39 is 6.10 Å². The zero-order chi connectivity index (χ0) is 8.41. The van der Waals surface area contributed by atoms with Crippen LogP contribution in [0.3, 0.4) is 0 Å². The topological polar surface area (TPSA) is 80.9 Å². The first-order chi connectivity index (χ1) is 4.68. The lowest BCUT2D eigenvalue weighted by molar-refractivity contribution is 0.110. The van der Waals surface area contributed by atoms with Crippen LogP contribution in [0.25, 0.3) is 0 Å². The predicted molar refractivity (Wildman–Crippen MR) is 37.6 cm³/mol. The van der Waals surface area contributed by atoms with E-state index >= 15 is 0 Å². The van der Waals surface area contributed by atoms with Crippen LogP contribution in [-0.4, -0.2) is 46.4 Å². The summed E-state index contributed by atoms with van der Waals surface area (Å²) in [5.41, 5.74) is 0. The highest BCUT2D eigenvalue weighted by Gasteiger charge is 1.83. The Bertz CT molecular complexity index is 45.0. The molecule has 0 aliphatic heterocycles. The molecule has 0 aromatic rings. The Morgan fingerprint density at radius 1 is 1.10 bits per heavy atom. The van der Waals surface area contributed by atoms with Gasteiger partial charge in [-0.15, -0.1) is 0 Å². The molecule has 0 rings (SSSR count). The minimum Gasteiger partial charge on any atom is -0.396 e. The van der Waals surface area contributed by atoms with Gasteiger partial charge in [-0.25, -0.2) is 0 Å². The van der Waals surface area contributed by atoms with Crippen LogP contribution in [-0.2, 0) is 0 Å². The maximum absolute atomic E-state index is 8.11. The van der Waals surface area contributed by atoms with Gasteiger partial charge in [-0.2, -0.15) is 0 Å². The van der Waals surface area contributed by atoms with Crippen molar-refractivity contribution in [2.24, 2.45) is 0 Å². The van der Waals surface area contributed by atoms with Crippen molar-refractivity contribution < 1.29 is 20.4 Å². The van der Waals surface area contributed by atoms with E-state index in [1.807, 2.05) is 0 Å². The van der Waals surface area contributed by atoms with Crippen molar-refractivity contribution in [1.29, 1.82) is 0 Å². The molecule has 0 fully saturated rings. The molecular formula is C6H16O4. The first-order valence-electron chi connectivity index (χ1n) is 3.19. The third-order valence-corrected chi connectivity index (χ3v) is 0.580. The Labute approximate surface area is 60.7 Å². The molecule has 0 aliphatic carbocycles. The van der Waals surface area contributed by atoms with Crippen molar-refractivity contribution in [1.82, 2.24) is 0 Å². The summed E-state index contributed by atoms with van der Waals surface area (Å²) in [6.07, 6.45) is -0.0602. The minimum absolute atomic E-state index is 0.0938. The quantitative estimate of drug-likeness (QED) is 0.406. The molecule has 10 heavy (non-hydrogen) atoms. The van der Waals surface area contributed by atoms with Gasteiger partial charge in [-0.3, -0.25) is 0 Å². The number of rotatable bonds is 3. The molecule has 0 radical (unpaired) electrons. The Balaban J connectivity index is 0. The largest absolute Gasteiger partial charge is 0.396 e. The van der Waals surface area contributed by atoms with Crippen molar-refractivity contribution in [3.63, 3.8) is 0 Å². The van der Waals surface area contributed by atoms with Gasteiger partial charge >= 0.3 is 0 Å². The molecule has 4 heteroatoms. The fourth-order valence-electron chi connectivity index (χ4n) is 0.0707. The summed E-state index contributed by atoms with van der Waals surface area (Å²) in [7, 11) is 0. The van der Waals surface area contributed by atoms with E-state index in [0.29, 0.717) is 6.42 Å². The van der Waals surface area contributed by atoms with Crippen LogP contribution in [0.1, 0.15) is 13.3 Å². The van der Waals surface area contributed by atoms with Crippen molar-refractivity contribution >= 4 is 0 Å². The van der Waals surface area contributed by atoms with Gasteiger partial charge in [-0.05, 0) is 13.3 Å². The monoisotopic (exact) mass is 152 g/mol.